The molecule has 2 aromatic carbocycles. The Hall–Kier alpha value is -3.08. The molecule has 5 heteroatoms. The quantitative estimate of drug-likeness (QED) is 0.329. The summed E-state index contributed by atoms with van der Waals surface area (Å²) in [6.45, 7) is 2.20. The summed E-state index contributed by atoms with van der Waals surface area (Å²) in [6.07, 6.45) is 13.8. The molecule has 8 rings (SSSR count). The molecule has 0 saturated heterocycles. The third-order valence-corrected chi connectivity index (χ3v) is 10.4. The van der Waals surface area contributed by atoms with Crippen LogP contribution < -0.4 is 10.6 Å². The molecule has 5 aliphatic rings. The van der Waals surface area contributed by atoms with Gasteiger partial charge in [-0.3, -0.25) is 9.59 Å². The van der Waals surface area contributed by atoms with Crippen molar-refractivity contribution in [1.29, 1.82) is 0 Å². The van der Waals surface area contributed by atoms with Crippen LogP contribution in [0, 0.1) is 35.0 Å². The number of amides is 2. The number of anilines is 2. The predicted octanol–water partition coefficient (Wildman–Crippen LogP) is 7.75. The number of carbonyl (C=O) groups is 2. The first-order valence-corrected chi connectivity index (χ1v) is 14.8. The van der Waals surface area contributed by atoms with Crippen LogP contribution in [0.1, 0.15) is 71.1 Å². The third-order valence-electron chi connectivity index (χ3n) is 10.4. The number of fused-ring (bicyclic) bond motifs is 1. The minimum absolute atomic E-state index is 0.103. The Morgan fingerprint density at radius 3 is 2.18 bits per heavy atom. The van der Waals surface area contributed by atoms with Crippen LogP contribution in [0.25, 0.3) is 22.0 Å². The van der Waals surface area contributed by atoms with Gasteiger partial charge in [-0.05, 0) is 111 Å². The van der Waals surface area contributed by atoms with Gasteiger partial charge in [0.2, 0.25) is 11.8 Å². The van der Waals surface area contributed by atoms with E-state index in [0.29, 0.717) is 5.92 Å². The van der Waals surface area contributed by atoms with Crippen LogP contribution in [0.5, 0.6) is 0 Å². The van der Waals surface area contributed by atoms with E-state index in [9.17, 15) is 9.59 Å². The first-order valence-electron chi connectivity index (χ1n) is 14.8. The van der Waals surface area contributed by atoms with Crippen molar-refractivity contribution < 1.29 is 9.59 Å². The molecule has 38 heavy (non-hydrogen) atoms. The largest absolute Gasteiger partial charge is 0.361 e. The van der Waals surface area contributed by atoms with Crippen LogP contribution in [-0.4, -0.2) is 16.8 Å². The van der Waals surface area contributed by atoms with Crippen molar-refractivity contribution in [2.75, 3.05) is 10.6 Å². The maximum atomic E-state index is 13.5. The van der Waals surface area contributed by atoms with Crippen molar-refractivity contribution in [2.45, 2.75) is 71.1 Å². The summed E-state index contributed by atoms with van der Waals surface area (Å²) in [5.74, 6) is 3.21. The lowest BCUT2D eigenvalue weighted by molar-refractivity contribution is -0.140. The van der Waals surface area contributed by atoms with E-state index in [1.165, 1.54) is 25.7 Å². The van der Waals surface area contributed by atoms with E-state index in [4.69, 9.17) is 0 Å². The Balaban J connectivity index is 1.07. The summed E-state index contributed by atoms with van der Waals surface area (Å²) in [6, 6.07) is 14.3. The molecule has 1 heterocycles. The maximum absolute atomic E-state index is 13.5. The summed E-state index contributed by atoms with van der Waals surface area (Å²) >= 11 is 0. The molecule has 2 unspecified atom stereocenters. The molecule has 0 radical (unpaired) electrons. The fourth-order valence-electron chi connectivity index (χ4n) is 8.76. The fourth-order valence-corrected chi connectivity index (χ4v) is 8.76. The van der Waals surface area contributed by atoms with Gasteiger partial charge >= 0.3 is 0 Å². The van der Waals surface area contributed by atoms with Crippen molar-refractivity contribution in [3.63, 3.8) is 0 Å². The smallest absolute Gasteiger partial charge is 0.230 e. The Bertz CT molecular complexity index is 1340. The van der Waals surface area contributed by atoms with Gasteiger partial charge in [-0.15, -0.1) is 0 Å². The second-order valence-electron chi connectivity index (χ2n) is 13.0. The zero-order chi connectivity index (χ0) is 25.9. The van der Waals surface area contributed by atoms with Crippen LogP contribution >= 0.6 is 0 Å². The Morgan fingerprint density at radius 2 is 1.50 bits per heavy atom. The molecule has 198 valence electrons. The van der Waals surface area contributed by atoms with Crippen molar-refractivity contribution in [1.82, 2.24) is 4.98 Å². The number of carbonyl (C=O) groups excluding carboxylic acids is 2. The monoisotopic (exact) mass is 509 g/mol. The molecule has 0 aliphatic heterocycles. The van der Waals surface area contributed by atoms with Gasteiger partial charge in [0.1, 0.15) is 0 Å². The first-order chi connectivity index (χ1) is 18.5. The standard InChI is InChI=1S/C33H39N3O2/c1-20-4-2-3-5-27(20)31(37)35-26-10-11-30-28(15-26)29(19-34-30)24-6-8-25(9-7-24)36-32(38)33-16-21-12-22(17-33)14-23(13-21)18-33/h6-11,15,19-23,27,34H,2-5,12-14,16-18H2,1H3,(H,35,37)(H,36,38). The van der Waals surface area contributed by atoms with Gasteiger partial charge in [-0.1, -0.05) is 31.9 Å². The summed E-state index contributed by atoms with van der Waals surface area (Å²) in [7, 11) is 0. The molecule has 5 fully saturated rings. The number of aromatic nitrogens is 1. The summed E-state index contributed by atoms with van der Waals surface area (Å²) in [5.41, 5.74) is 4.82. The van der Waals surface area contributed by atoms with E-state index in [-0.39, 0.29) is 23.1 Å². The van der Waals surface area contributed by atoms with E-state index >= 15 is 0 Å². The van der Waals surface area contributed by atoms with Crippen molar-refractivity contribution in [3.05, 3.63) is 48.7 Å². The van der Waals surface area contributed by atoms with Gasteiger partial charge in [-0.25, -0.2) is 0 Å². The van der Waals surface area contributed by atoms with E-state index in [0.717, 1.165) is 89.7 Å². The SMILES string of the molecule is CC1CCCCC1C(=O)Nc1ccc2[nH]cc(-c3ccc(NC(=O)C45CC6CC(CC(C6)C4)C5)cc3)c2c1. The normalized spacial score (nSPS) is 31.9. The molecule has 1 aromatic heterocycles. The van der Waals surface area contributed by atoms with Crippen LogP contribution in [0.3, 0.4) is 0 Å². The summed E-state index contributed by atoms with van der Waals surface area (Å²) in [4.78, 5) is 29.8. The average Bonchev–Trinajstić information content (AvgIpc) is 3.32. The molecule has 2 amide bonds. The van der Waals surface area contributed by atoms with E-state index in [1.807, 2.05) is 30.5 Å². The van der Waals surface area contributed by atoms with Gasteiger partial charge in [0.05, 0.1) is 5.41 Å². The summed E-state index contributed by atoms with van der Waals surface area (Å²) < 4.78 is 0. The molecule has 5 saturated carbocycles. The average molecular weight is 510 g/mol. The minimum Gasteiger partial charge on any atom is -0.361 e. The lowest BCUT2D eigenvalue weighted by atomic mass is 9.49. The first kappa shape index (κ1) is 24.0. The predicted molar refractivity (Wildman–Crippen MR) is 153 cm³/mol. The highest BCUT2D eigenvalue weighted by Crippen LogP contribution is 2.60. The molecule has 0 spiro atoms. The molecule has 5 aliphatic carbocycles. The van der Waals surface area contributed by atoms with Crippen LogP contribution in [0.2, 0.25) is 0 Å². The third kappa shape index (κ3) is 4.24. The molecule has 4 bridgehead atoms. The lowest BCUT2D eigenvalue weighted by Gasteiger charge is -2.55. The Labute approximate surface area is 225 Å². The Kier molecular flexibility index (Phi) is 5.86. The molecular formula is C33H39N3O2. The zero-order valence-corrected chi connectivity index (χ0v) is 22.4. The highest BCUT2D eigenvalue weighted by Gasteiger charge is 2.54. The van der Waals surface area contributed by atoms with Crippen molar-refractivity contribution in [2.24, 2.45) is 35.0 Å². The second kappa shape index (κ2) is 9.29. The van der Waals surface area contributed by atoms with Gasteiger partial charge in [0, 0.05) is 40.0 Å². The highest BCUT2D eigenvalue weighted by atomic mass is 16.2. The zero-order valence-electron chi connectivity index (χ0n) is 22.4. The van der Waals surface area contributed by atoms with Gasteiger partial charge in [0.15, 0.2) is 0 Å². The number of benzene rings is 2. The van der Waals surface area contributed by atoms with E-state index in [1.54, 1.807) is 0 Å². The molecule has 3 aromatic rings. The van der Waals surface area contributed by atoms with Gasteiger partial charge in [-0.2, -0.15) is 0 Å². The maximum Gasteiger partial charge on any atom is 0.230 e. The number of rotatable bonds is 5. The minimum atomic E-state index is -0.138. The van der Waals surface area contributed by atoms with E-state index < -0.39 is 0 Å². The highest BCUT2D eigenvalue weighted by molar-refractivity contribution is 6.01. The topological polar surface area (TPSA) is 74.0 Å². The number of H-pyrrole nitrogens is 1. The number of hydrogen-bond donors (Lipinski definition) is 3. The Morgan fingerprint density at radius 1 is 0.842 bits per heavy atom. The lowest BCUT2D eigenvalue weighted by Crippen LogP contribution is -2.51. The molecular weight excluding hydrogens is 470 g/mol. The second-order valence-corrected chi connectivity index (χ2v) is 13.0. The van der Waals surface area contributed by atoms with Crippen LogP contribution in [0.4, 0.5) is 11.4 Å². The number of aromatic amines is 1. The van der Waals surface area contributed by atoms with Crippen LogP contribution in [0.15, 0.2) is 48.7 Å². The summed E-state index contributed by atoms with van der Waals surface area (Å²) in [5, 5.41) is 7.55. The number of nitrogens with one attached hydrogen (secondary N) is 3. The fraction of sp³-hybridized carbons (Fsp3) is 0.515. The van der Waals surface area contributed by atoms with Crippen LogP contribution in [-0.2, 0) is 9.59 Å². The molecule has 3 N–H and O–H groups in total. The van der Waals surface area contributed by atoms with Crippen molar-refractivity contribution >= 4 is 34.1 Å². The van der Waals surface area contributed by atoms with Gasteiger partial charge < -0.3 is 15.6 Å². The van der Waals surface area contributed by atoms with E-state index in [2.05, 4.69) is 40.7 Å². The molecule has 2 atom stereocenters. The molecule has 5 nitrogen and oxygen atoms in total. The number of hydrogen-bond acceptors (Lipinski definition) is 2. The van der Waals surface area contributed by atoms with Gasteiger partial charge in [0.25, 0.3) is 0 Å². The van der Waals surface area contributed by atoms with Crippen molar-refractivity contribution in [3.8, 4) is 11.1 Å².